The molecule has 24 heavy (non-hydrogen) atoms. The highest BCUT2D eigenvalue weighted by Gasteiger charge is 2.21. The van der Waals surface area contributed by atoms with Gasteiger partial charge in [0.15, 0.2) is 0 Å². The molecule has 0 unspecified atom stereocenters. The average molecular weight is 332 g/mol. The first-order valence-corrected chi connectivity index (χ1v) is 8.59. The molecular formula is C18H25FN4O. The molecule has 5 nitrogen and oxygen atoms in total. The number of halogens is 1. The first-order valence-electron chi connectivity index (χ1n) is 8.59. The Balaban J connectivity index is 1.46. The Kier molecular flexibility index (Phi) is 5.45. The van der Waals surface area contributed by atoms with Crippen molar-refractivity contribution in [1.29, 1.82) is 0 Å². The smallest absolute Gasteiger partial charge is 0.147 e. The number of hydrogen-bond donors (Lipinski definition) is 0. The summed E-state index contributed by atoms with van der Waals surface area (Å²) in [6, 6.07) is 6.31. The van der Waals surface area contributed by atoms with Crippen molar-refractivity contribution < 1.29 is 9.13 Å². The van der Waals surface area contributed by atoms with Crippen LogP contribution in [0.15, 0.2) is 24.3 Å². The van der Waals surface area contributed by atoms with E-state index in [9.17, 15) is 4.39 Å². The summed E-state index contributed by atoms with van der Waals surface area (Å²) < 4.78 is 20.8. The Bertz CT molecular complexity index is 673. The number of ether oxygens (including phenoxy) is 1. The maximum atomic E-state index is 13.1. The van der Waals surface area contributed by atoms with Crippen LogP contribution in [0, 0.1) is 25.6 Å². The van der Waals surface area contributed by atoms with Crippen LogP contribution in [0.5, 0.6) is 5.75 Å². The minimum absolute atomic E-state index is 0.260. The molecule has 3 rings (SSSR count). The average Bonchev–Trinajstić information content (AvgIpc) is 2.85. The van der Waals surface area contributed by atoms with Crippen LogP contribution in [0.25, 0.3) is 0 Å². The highest BCUT2D eigenvalue weighted by Crippen LogP contribution is 2.19. The molecule has 1 saturated heterocycles. The zero-order chi connectivity index (χ0) is 16.9. The van der Waals surface area contributed by atoms with Crippen molar-refractivity contribution in [2.75, 3.05) is 26.2 Å². The summed E-state index contributed by atoms with van der Waals surface area (Å²) in [5.74, 6) is 2.75. The van der Waals surface area contributed by atoms with Crippen LogP contribution in [0.2, 0.25) is 0 Å². The van der Waals surface area contributed by atoms with Gasteiger partial charge in [-0.15, -0.1) is 0 Å². The Labute approximate surface area is 142 Å². The van der Waals surface area contributed by atoms with Gasteiger partial charge in [-0.1, -0.05) is 6.07 Å². The minimum Gasteiger partial charge on any atom is -0.492 e. The lowest BCUT2D eigenvalue weighted by atomic mass is 9.98. The zero-order valence-corrected chi connectivity index (χ0v) is 14.4. The van der Waals surface area contributed by atoms with Gasteiger partial charge in [-0.2, -0.15) is 5.10 Å². The topological polar surface area (TPSA) is 43.2 Å². The second kappa shape index (κ2) is 7.75. The molecule has 0 spiro atoms. The van der Waals surface area contributed by atoms with Gasteiger partial charge in [0, 0.05) is 25.7 Å². The van der Waals surface area contributed by atoms with Gasteiger partial charge >= 0.3 is 0 Å². The van der Waals surface area contributed by atoms with Gasteiger partial charge in [0.1, 0.15) is 29.8 Å². The fourth-order valence-electron chi connectivity index (χ4n) is 3.33. The van der Waals surface area contributed by atoms with Gasteiger partial charge in [0.25, 0.3) is 0 Å². The molecule has 0 bridgehead atoms. The van der Waals surface area contributed by atoms with Crippen LogP contribution in [0.4, 0.5) is 4.39 Å². The van der Waals surface area contributed by atoms with Crippen molar-refractivity contribution in [3.8, 4) is 5.75 Å². The summed E-state index contributed by atoms with van der Waals surface area (Å²) in [6.07, 6.45) is 2.41. The molecule has 1 aliphatic rings. The van der Waals surface area contributed by atoms with Crippen molar-refractivity contribution >= 4 is 0 Å². The van der Waals surface area contributed by atoms with Crippen LogP contribution in [-0.2, 0) is 6.54 Å². The largest absolute Gasteiger partial charge is 0.492 e. The van der Waals surface area contributed by atoms with Gasteiger partial charge in [-0.25, -0.2) is 14.1 Å². The predicted octanol–water partition coefficient (Wildman–Crippen LogP) is 2.83. The molecule has 0 saturated carbocycles. The standard InChI is InChI=1S/C18H25FN4O/c1-14-20-15(2)23(21-14)13-16-5-4-8-22(12-16)9-10-24-18-7-3-6-17(19)11-18/h3,6-7,11,16H,4-5,8-10,12-13H2,1-2H3/t16-/m0/s1. The molecule has 1 aromatic carbocycles. The number of nitrogens with zero attached hydrogens (tertiary/aromatic N) is 4. The maximum Gasteiger partial charge on any atom is 0.147 e. The van der Waals surface area contributed by atoms with E-state index < -0.39 is 0 Å². The van der Waals surface area contributed by atoms with E-state index in [0.29, 0.717) is 18.3 Å². The second-order valence-corrected chi connectivity index (χ2v) is 6.50. The summed E-state index contributed by atoms with van der Waals surface area (Å²) in [4.78, 5) is 6.80. The summed E-state index contributed by atoms with van der Waals surface area (Å²) in [5, 5.41) is 4.47. The number of benzene rings is 1. The van der Waals surface area contributed by atoms with E-state index in [-0.39, 0.29) is 5.82 Å². The van der Waals surface area contributed by atoms with E-state index in [1.165, 1.54) is 25.0 Å². The molecule has 130 valence electrons. The Hall–Kier alpha value is -1.95. The van der Waals surface area contributed by atoms with Crippen LogP contribution >= 0.6 is 0 Å². The molecule has 0 N–H and O–H groups in total. The van der Waals surface area contributed by atoms with Gasteiger partial charge in [0.05, 0.1) is 0 Å². The fraction of sp³-hybridized carbons (Fsp3) is 0.556. The molecule has 1 aromatic heterocycles. The summed E-state index contributed by atoms with van der Waals surface area (Å²) in [6.45, 7) is 8.45. The number of hydrogen-bond acceptors (Lipinski definition) is 4. The Morgan fingerprint density at radius 3 is 2.96 bits per heavy atom. The quantitative estimate of drug-likeness (QED) is 0.816. The van der Waals surface area contributed by atoms with Crippen LogP contribution in [0.3, 0.4) is 0 Å². The van der Waals surface area contributed by atoms with Crippen LogP contribution < -0.4 is 4.74 Å². The third-order valence-electron chi connectivity index (χ3n) is 4.47. The van der Waals surface area contributed by atoms with Crippen molar-refractivity contribution in [3.63, 3.8) is 0 Å². The van der Waals surface area contributed by atoms with E-state index in [1.54, 1.807) is 12.1 Å². The van der Waals surface area contributed by atoms with E-state index in [0.717, 1.165) is 37.8 Å². The molecule has 0 aliphatic carbocycles. The zero-order valence-electron chi connectivity index (χ0n) is 14.4. The number of aryl methyl sites for hydroxylation is 2. The van der Waals surface area contributed by atoms with Gasteiger partial charge in [0.2, 0.25) is 0 Å². The molecule has 1 atom stereocenters. The van der Waals surface area contributed by atoms with Crippen molar-refractivity contribution in [3.05, 3.63) is 41.7 Å². The van der Waals surface area contributed by atoms with Crippen LogP contribution in [-0.4, -0.2) is 45.9 Å². The minimum atomic E-state index is -0.260. The Morgan fingerprint density at radius 1 is 1.33 bits per heavy atom. The molecule has 6 heteroatoms. The molecule has 1 aliphatic heterocycles. The summed E-state index contributed by atoms with van der Waals surface area (Å²) in [5.41, 5.74) is 0. The van der Waals surface area contributed by atoms with Gasteiger partial charge in [-0.05, 0) is 51.3 Å². The molecule has 2 heterocycles. The highest BCUT2D eigenvalue weighted by atomic mass is 19.1. The number of aromatic nitrogens is 3. The van der Waals surface area contributed by atoms with Crippen molar-refractivity contribution in [2.45, 2.75) is 33.2 Å². The van der Waals surface area contributed by atoms with Gasteiger partial charge < -0.3 is 4.74 Å². The first-order chi connectivity index (χ1) is 11.6. The highest BCUT2D eigenvalue weighted by molar-refractivity contribution is 5.22. The third kappa shape index (κ3) is 4.54. The van der Waals surface area contributed by atoms with Crippen molar-refractivity contribution in [1.82, 2.24) is 19.7 Å². The molecule has 0 amide bonds. The van der Waals surface area contributed by atoms with E-state index in [1.807, 2.05) is 18.5 Å². The normalized spacial score (nSPS) is 18.7. The van der Waals surface area contributed by atoms with E-state index >= 15 is 0 Å². The van der Waals surface area contributed by atoms with E-state index in [2.05, 4.69) is 15.0 Å². The molecule has 2 aromatic rings. The first kappa shape index (κ1) is 16.9. The van der Waals surface area contributed by atoms with E-state index in [4.69, 9.17) is 4.74 Å². The summed E-state index contributed by atoms with van der Waals surface area (Å²) in [7, 11) is 0. The second-order valence-electron chi connectivity index (χ2n) is 6.50. The third-order valence-corrected chi connectivity index (χ3v) is 4.47. The monoisotopic (exact) mass is 332 g/mol. The molecular weight excluding hydrogens is 307 g/mol. The SMILES string of the molecule is Cc1nc(C)n(C[C@H]2CCCN(CCOc3cccc(F)c3)C2)n1. The molecule has 1 fully saturated rings. The van der Waals surface area contributed by atoms with Crippen LogP contribution in [0.1, 0.15) is 24.5 Å². The lowest BCUT2D eigenvalue weighted by Gasteiger charge is -2.32. The molecule has 0 radical (unpaired) electrons. The maximum absolute atomic E-state index is 13.1. The van der Waals surface area contributed by atoms with Crippen molar-refractivity contribution in [2.24, 2.45) is 5.92 Å². The number of rotatable bonds is 6. The number of piperidine rings is 1. The summed E-state index contributed by atoms with van der Waals surface area (Å²) >= 11 is 0. The fourth-order valence-corrected chi connectivity index (χ4v) is 3.33. The number of likely N-dealkylation sites (tertiary alicyclic amines) is 1. The lowest BCUT2D eigenvalue weighted by Crippen LogP contribution is -2.39. The Morgan fingerprint density at radius 2 is 2.21 bits per heavy atom. The lowest BCUT2D eigenvalue weighted by molar-refractivity contribution is 0.136. The van der Waals surface area contributed by atoms with Gasteiger partial charge in [-0.3, -0.25) is 4.90 Å². The predicted molar refractivity (Wildman–Crippen MR) is 90.6 cm³/mol.